The van der Waals surface area contributed by atoms with Crippen LogP contribution in [0.2, 0.25) is 0 Å². The third kappa shape index (κ3) is 3.81. The molecule has 0 aliphatic heterocycles. The van der Waals surface area contributed by atoms with Crippen LogP contribution in [0.1, 0.15) is 44.1 Å². The number of rotatable bonds is 6. The van der Waals surface area contributed by atoms with Crippen LogP contribution in [0, 0.1) is 0 Å². The van der Waals surface area contributed by atoms with Crippen molar-refractivity contribution >= 4 is 0 Å². The van der Waals surface area contributed by atoms with Gasteiger partial charge in [0.1, 0.15) is 11.5 Å². The highest BCUT2D eigenvalue weighted by Gasteiger charge is 2.06. The molecule has 2 rings (SSSR count). The van der Waals surface area contributed by atoms with Crippen molar-refractivity contribution in [3.63, 3.8) is 0 Å². The van der Waals surface area contributed by atoms with Gasteiger partial charge in [-0.25, -0.2) is 0 Å². The number of benzene rings is 1. The van der Waals surface area contributed by atoms with Crippen molar-refractivity contribution in [2.75, 3.05) is 0 Å². The topological polar surface area (TPSA) is 42.4 Å². The summed E-state index contributed by atoms with van der Waals surface area (Å²) in [4.78, 5) is 4.22. The Hall–Kier alpha value is -1.87. The van der Waals surface area contributed by atoms with E-state index in [0.29, 0.717) is 17.9 Å². The minimum atomic E-state index is -0.502. The zero-order chi connectivity index (χ0) is 14.4. The van der Waals surface area contributed by atoms with E-state index in [2.05, 4.69) is 24.0 Å². The SMILES string of the molecule is CCCc1ccc(Oc2ccc(C(O)CC)nc2)cc1. The zero-order valence-electron chi connectivity index (χ0n) is 12.0. The first kappa shape index (κ1) is 14.5. The van der Waals surface area contributed by atoms with E-state index in [4.69, 9.17) is 4.74 Å². The lowest BCUT2D eigenvalue weighted by atomic mass is 10.1. The molecule has 1 N–H and O–H groups in total. The largest absolute Gasteiger partial charge is 0.456 e. The summed E-state index contributed by atoms with van der Waals surface area (Å²) in [5.74, 6) is 1.48. The number of hydrogen-bond acceptors (Lipinski definition) is 3. The number of hydrogen-bond donors (Lipinski definition) is 1. The van der Waals surface area contributed by atoms with Crippen LogP contribution in [0.5, 0.6) is 11.5 Å². The first-order valence-corrected chi connectivity index (χ1v) is 7.13. The molecule has 0 aliphatic carbocycles. The van der Waals surface area contributed by atoms with E-state index < -0.39 is 6.10 Å². The Morgan fingerprint density at radius 2 is 1.75 bits per heavy atom. The fraction of sp³-hybridized carbons (Fsp3) is 0.353. The molecule has 0 radical (unpaired) electrons. The van der Waals surface area contributed by atoms with Gasteiger partial charge in [-0.1, -0.05) is 32.4 Å². The van der Waals surface area contributed by atoms with Gasteiger partial charge in [-0.15, -0.1) is 0 Å². The van der Waals surface area contributed by atoms with Gasteiger partial charge in [-0.2, -0.15) is 0 Å². The molecule has 1 atom stereocenters. The van der Waals surface area contributed by atoms with Crippen molar-refractivity contribution in [1.29, 1.82) is 0 Å². The van der Waals surface area contributed by atoms with Crippen LogP contribution >= 0.6 is 0 Å². The Bertz CT molecular complexity index is 520. The van der Waals surface area contributed by atoms with E-state index in [1.54, 1.807) is 12.3 Å². The van der Waals surface area contributed by atoms with Gasteiger partial charge in [0.05, 0.1) is 18.0 Å². The first-order valence-electron chi connectivity index (χ1n) is 7.13. The predicted octanol–water partition coefficient (Wildman–Crippen LogP) is 4.27. The van der Waals surface area contributed by atoms with Gasteiger partial charge < -0.3 is 9.84 Å². The Morgan fingerprint density at radius 3 is 2.30 bits per heavy atom. The summed E-state index contributed by atoms with van der Waals surface area (Å²) in [7, 11) is 0. The van der Waals surface area contributed by atoms with Crippen LogP contribution in [0.3, 0.4) is 0 Å². The molecule has 0 spiro atoms. The predicted molar refractivity (Wildman–Crippen MR) is 80.0 cm³/mol. The molecule has 0 aliphatic rings. The molecule has 0 saturated carbocycles. The Balaban J connectivity index is 2.02. The van der Waals surface area contributed by atoms with E-state index >= 15 is 0 Å². The number of ether oxygens (including phenoxy) is 1. The minimum Gasteiger partial charge on any atom is -0.456 e. The van der Waals surface area contributed by atoms with Crippen molar-refractivity contribution in [3.05, 3.63) is 53.9 Å². The quantitative estimate of drug-likeness (QED) is 0.853. The van der Waals surface area contributed by atoms with E-state index in [9.17, 15) is 5.11 Å². The summed E-state index contributed by atoms with van der Waals surface area (Å²) in [6, 6.07) is 11.7. The van der Waals surface area contributed by atoms with E-state index in [-0.39, 0.29) is 0 Å². The normalized spacial score (nSPS) is 12.2. The van der Waals surface area contributed by atoms with Crippen LogP contribution in [0.4, 0.5) is 0 Å². The van der Waals surface area contributed by atoms with Crippen LogP contribution in [0.15, 0.2) is 42.6 Å². The lowest BCUT2D eigenvalue weighted by Crippen LogP contribution is -1.98. The highest BCUT2D eigenvalue weighted by Crippen LogP contribution is 2.23. The summed E-state index contributed by atoms with van der Waals surface area (Å²) in [5, 5.41) is 9.69. The van der Waals surface area contributed by atoms with E-state index in [0.717, 1.165) is 18.6 Å². The molecule has 0 bridgehead atoms. The fourth-order valence-corrected chi connectivity index (χ4v) is 2.01. The van der Waals surface area contributed by atoms with Crippen LogP contribution in [-0.4, -0.2) is 10.1 Å². The second kappa shape index (κ2) is 7.06. The maximum atomic E-state index is 9.69. The number of aliphatic hydroxyl groups excluding tert-OH is 1. The molecule has 0 saturated heterocycles. The van der Waals surface area contributed by atoms with Gasteiger partial charge in [0, 0.05) is 0 Å². The molecule has 1 aromatic heterocycles. The van der Waals surface area contributed by atoms with Gasteiger partial charge >= 0.3 is 0 Å². The third-order valence-corrected chi connectivity index (χ3v) is 3.19. The molecule has 3 nitrogen and oxygen atoms in total. The average Bonchev–Trinajstić information content (AvgIpc) is 2.49. The number of aromatic nitrogens is 1. The lowest BCUT2D eigenvalue weighted by molar-refractivity contribution is 0.169. The molecule has 1 unspecified atom stereocenters. The Labute approximate surface area is 120 Å². The van der Waals surface area contributed by atoms with E-state index in [1.807, 2.05) is 25.1 Å². The molecule has 0 amide bonds. The van der Waals surface area contributed by atoms with Gasteiger partial charge in [0.2, 0.25) is 0 Å². The zero-order valence-corrected chi connectivity index (χ0v) is 12.0. The van der Waals surface area contributed by atoms with Gasteiger partial charge in [0.15, 0.2) is 0 Å². The third-order valence-electron chi connectivity index (χ3n) is 3.19. The number of nitrogens with zero attached hydrogens (tertiary/aromatic N) is 1. The molecule has 106 valence electrons. The van der Waals surface area contributed by atoms with Crippen LogP contribution in [0.25, 0.3) is 0 Å². The molecule has 20 heavy (non-hydrogen) atoms. The van der Waals surface area contributed by atoms with Crippen molar-refractivity contribution in [2.24, 2.45) is 0 Å². The summed E-state index contributed by atoms with van der Waals surface area (Å²) in [5.41, 5.74) is 2.00. The highest BCUT2D eigenvalue weighted by molar-refractivity contribution is 5.32. The highest BCUT2D eigenvalue weighted by atomic mass is 16.5. The van der Waals surface area contributed by atoms with Crippen molar-refractivity contribution < 1.29 is 9.84 Å². The molecule has 0 fully saturated rings. The summed E-state index contributed by atoms with van der Waals surface area (Å²) in [6.45, 7) is 4.09. The molecular formula is C17H21NO2. The van der Waals surface area contributed by atoms with Gasteiger partial charge in [-0.05, 0) is 42.7 Å². The summed E-state index contributed by atoms with van der Waals surface area (Å²) in [6.07, 6.45) is 4.04. The first-order chi connectivity index (χ1) is 9.72. The van der Waals surface area contributed by atoms with Crippen LogP contribution in [-0.2, 0) is 6.42 Å². The van der Waals surface area contributed by atoms with Crippen molar-refractivity contribution in [3.8, 4) is 11.5 Å². The van der Waals surface area contributed by atoms with Crippen molar-refractivity contribution in [1.82, 2.24) is 4.98 Å². The smallest absolute Gasteiger partial charge is 0.145 e. The molecule has 1 aromatic carbocycles. The monoisotopic (exact) mass is 271 g/mol. The Kier molecular flexibility index (Phi) is 5.13. The maximum Gasteiger partial charge on any atom is 0.145 e. The minimum absolute atomic E-state index is 0.502. The molecule has 1 heterocycles. The second-order valence-electron chi connectivity index (χ2n) is 4.84. The average molecular weight is 271 g/mol. The number of aryl methyl sites for hydroxylation is 1. The van der Waals surface area contributed by atoms with Gasteiger partial charge in [-0.3, -0.25) is 4.98 Å². The Morgan fingerprint density at radius 1 is 1.05 bits per heavy atom. The van der Waals surface area contributed by atoms with Crippen molar-refractivity contribution in [2.45, 2.75) is 39.2 Å². The van der Waals surface area contributed by atoms with Gasteiger partial charge in [0.25, 0.3) is 0 Å². The second-order valence-corrected chi connectivity index (χ2v) is 4.84. The maximum absolute atomic E-state index is 9.69. The molecule has 2 aromatic rings. The number of aliphatic hydroxyl groups is 1. The number of pyridine rings is 1. The summed E-state index contributed by atoms with van der Waals surface area (Å²) >= 11 is 0. The fourth-order valence-electron chi connectivity index (χ4n) is 2.01. The lowest BCUT2D eigenvalue weighted by Gasteiger charge is -2.09. The molecule has 3 heteroatoms. The standard InChI is InChI=1S/C17H21NO2/c1-3-5-13-6-8-14(9-7-13)20-15-10-11-16(18-12-15)17(19)4-2/h6-12,17,19H,3-5H2,1-2H3. The van der Waals surface area contributed by atoms with Crippen LogP contribution < -0.4 is 4.74 Å². The summed E-state index contributed by atoms with van der Waals surface area (Å²) < 4.78 is 5.74. The molecular weight excluding hydrogens is 250 g/mol. The van der Waals surface area contributed by atoms with E-state index in [1.165, 1.54) is 5.56 Å².